The van der Waals surface area contributed by atoms with Gasteiger partial charge in [0.15, 0.2) is 5.76 Å². The number of rotatable bonds is 6. The fourth-order valence-electron chi connectivity index (χ4n) is 3.38. The molecule has 1 atom stereocenters. The van der Waals surface area contributed by atoms with Crippen LogP contribution in [0.5, 0.6) is 0 Å². The quantitative estimate of drug-likeness (QED) is 0.509. The molecule has 7 nitrogen and oxygen atoms in total. The summed E-state index contributed by atoms with van der Waals surface area (Å²) in [6.07, 6.45) is 1.45. The molecule has 2 heterocycles. The molecule has 2 aromatic heterocycles. The third kappa shape index (κ3) is 3.96. The second kappa shape index (κ2) is 8.24. The van der Waals surface area contributed by atoms with Crippen LogP contribution in [0.1, 0.15) is 34.9 Å². The third-order valence-corrected chi connectivity index (χ3v) is 4.88. The first kappa shape index (κ1) is 19.4. The lowest BCUT2D eigenvalue weighted by Crippen LogP contribution is -2.29. The minimum Gasteiger partial charge on any atom is -0.459 e. The normalized spacial score (nSPS) is 11.9. The predicted molar refractivity (Wildman–Crippen MR) is 114 cm³/mol. The topological polar surface area (TPSA) is 89.2 Å². The lowest BCUT2D eigenvalue weighted by Gasteiger charge is -2.16. The smallest absolute Gasteiger partial charge is 0.287 e. The Balaban J connectivity index is 1.61. The van der Waals surface area contributed by atoms with Gasteiger partial charge in [-0.05, 0) is 49.7 Å². The van der Waals surface area contributed by atoms with E-state index >= 15 is 0 Å². The van der Waals surface area contributed by atoms with Crippen LogP contribution in [0.2, 0.25) is 0 Å². The zero-order valence-corrected chi connectivity index (χ0v) is 16.8. The molecular formula is C23H22N4O3. The molecule has 0 radical (unpaired) electrons. The van der Waals surface area contributed by atoms with E-state index in [1.165, 1.54) is 6.26 Å². The van der Waals surface area contributed by atoms with Gasteiger partial charge in [0.25, 0.3) is 5.91 Å². The SMILES string of the molecule is Cc1ccccc1NC(=O)Cn1c(C(C)NC(=O)c2ccco2)nc2ccccc21. The van der Waals surface area contributed by atoms with Crippen LogP contribution in [-0.4, -0.2) is 21.4 Å². The van der Waals surface area contributed by atoms with E-state index in [1.54, 1.807) is 12.1 Å². The Bertz CT molecular complexity index is 1190. The van der Waals surface area contributed by atoms with Gasteiger partial charge in [0.05, 0.1) is 23.3 Å². The second-order valence-corrected chi connectivity index (χ2v) is 7.08. The number of aromatic nitrogens is 2. The van der Waals surface area contributed by atoms with Crippen molar-refractivity contribution in [3.05, 3.63) is 84.1 Å². The highest BCUT2D eigenvalue weighted by Crippen LogP contribution is 2.22. The molecule has 4 aromatic rings. The molecule has 7 heteroatoms. The van der Waals surface area contributed by atoms with Gasteiger partial charge in [-0.15, -0.1) is 0 Å². The van der Waals surface area contributed by atoms with Gasteiger partial charge in [-0.3, -0.25) is 9.59 Å². The van der Waals surface area contributed by atoms with E-state index in [4.69, 9.17) is 4.42 Å². The lowest BCUT2D eigenvalue weighted by molar-refractivity contribution is -0.116. The number of benzene rings is 2. The van der Waals surface area contributed by atoms with Gasteiger partial charge in [-0.1, -0.05) is 30.3 Å². The molecule has 0 spiro atoms. The summed E-state index contributed by atoms with van der Waals surface area (Å²) in [7, 11) is 0. The largest absolute Gasteiger partial charge is 0.459 e. The highest BCUT2D eigenvalue weighted by molar-refractivity contribution is 5.93. The van der Waals surface area contributed by atoms with Crippen LogP contribution in [0.25, 0.3) is 11.0 Å². The van der Waals surface area contributed by atoms with E-state index in [9.17, 15) is 9.59 Å². The molecule has 2 N–H and O–H groups in total. The second-order valence-electron chi connectivity index (χ2n) is 7.08. The van der Waals surface area contributed by atoms with Crippen molar-refractivity contribution in [1.29, 1.82) is 0 Å². The molecule has 2 amide bonds. The average Bonchev–Trinajstić information content (AvgIpc) is 3.39. The number of hydrogen-bond acceptors (Lipinski definition) is 4. The van der Waals surface area contributed by atoms with E-state index < -0.39 is 6.04 Å². The number of carbonyl (C=O) groups is 2. The number of hydrogen-bond donors (Lipinski definition) is 2. The van der Waals surface area contributed by atoms with Crippen LogP contribution in [0.15, 0.2) is 71.3 Å². The van der Waals surface area contributed by atoms with Gasteiger partial charge in [-0.2, -0.15) is 0 Å². The number of imidazole rings is 1. The number of amides is 2. The van der Waals surface area contributed by atoms with Crippen molar-refractivity contribution >= 4 is 28.5 Å². The number of nitrogens with one attached hydrogen (secondary N) is 2. The molecular weight excluding hydrogens is 380 g/mol. The van der Waals surface area contributed by atoms with E-state index in [-0.39, 0.29) is 24.1 Å². The van der Waals surface area contributed by atoms with Crippen molar-refractivity contribution < 1.29 is 14.0 Å². The van der Waals surface area contributed by atoms with Gasteiger partial charge in [0.1, 0.15) is 12.4 Å². The van der Waals surface area contributed by atoms with Crippen LogP contribution in [0.4, 0.5) is 5.69 Å². The molecule has 2 aromatic carbocycles. The van der Waals surface area contributed by atoms with Gasteiger partial charge in [-0.25, -0.2) is 4.98 Å². The van der Waals surface area contributed by atoms with Gasteiger partial charge in [0.2, 0.25) is 5.91 Å². The standard InChI is InChI=1S/C23H22N4O3/c1-15-8-3-4-9-17(15)25-21(28)14-27-19-11-6-5-10-18(19)26-22(27)16(2)24-23(29)20-12-7-13-30-20/h3-13,16H,14H2,1-2H3,(H,24,29)(H,25,28). The number of anilines is 1. The first-order chi connectivity index (χ1) is 14.5. The Morgan fingerprint density at radius 2 is 1.83 bits per heavy atom. The lowest BCUT2D eigenvalue weighted by atomic mass is 10.2. The molecule has 0 bridgehead atoms. The maximum atomic E-state index is 12.8. The Morgan fingerprint density at radius 1 is 1.07 bits per heavy atom. The Labute approximate surface area is 173 Å². The number of carbonyl (C=O) groups excluding carboxylic acids is 2. The van der Waals surface area contributed by atoms with Gasteiger partial charge >= 0.3 is 0 Å². The molecule has 0 saturated carbocycles. The van der Waals surface area contributed by atoms with Crippen molar-refractivity contribution in [1.82, 2.24) is 14.9 Å². The summed E-state index contributed by atoms with van der Waals surface area (Å²) in [6, 6.07) is 18.0. The summed E-state index contributed by atoms with van der Waals surface area (Å²) in [4.78, 5) is 29.9. The Morgan fingerprint density at radius 3 is 2.60 bits per heavy atom. The van der Waals surface area contributed by atoms with Crippen molar-refractivity contribution in [2.45, 2.75) is 26.4 Å². The summed E-state index contributed by atoms with van der Waals surface area (Å²) in [6.45, 7) is 3.85. The Kier molecular flexibility index (Phi) is 5.34. The van der Waals surface area contributed by atoms with Crippen LogP contribution in [0, 0.1) is 6.92 Å². The maximum Gasteiger partial charge on any atom is 0.287 e. The summed E-state index contributed by atoms with van der Waals surface area (Å²) < 4.78 is 6.99. The van der Waals surface area contributed by atoms with Gasteiger partial charge < -0.3 is 19.6 Å². The summed E-state index contributed by atoms with van der Waals surface area (Å²) in [5.74, 6) is 0.312. The molecule has 4 rings (SSSR count). The average molecular weight is 402 g/mol. The van der Waals surface area contributed by atoms with Crippen molar-refractivity contribution in [2.24, 2.45) is 0 Å². The molecule has 0 saturated heterocycles. The number of nitrogens with zero attached hydrogens (tertiary/aromatic N) is 2. The molecule has 0 aliphatic heterocycles. The number of aryl methyl sites for hydroxylation is 1. The molecule has 0 aliphatic rings. The summed E-state index contributed by atoms with van der Waals surface area (Å²) >= 11 is 0. The zero-order chi connectivity index (χ0) is 21.1. The van der Waals surface area contributed by atoms with Crippen LogP contribution in [0.3, 0.4) is 0 Å². The van der Waals surface area contributed by atoms with Crippen LogP contribution >= 0.6 is 0 Å². The fourth-order valence-corrected chi connectivity index (χ4v) is 3.38. The van der Waals surface area contributed by atoms with Crippen molar-refractivity contribution in [3.8, 4) is 0 Å². The molecule has 30 heavy (non-hydrogen) atoms. The molecule has 0 aliphatic carbocycles. The fraction of sp³-hybridized carbons (Fsp3) is 0.174. The minimum absolute atomic E-state index is 0.0745. The number of para-hydroxylation sites is 3. The number of fused-ring (bicyclic) bond motifs is 1. The predicted octanol–water partition coefficient (Wildman–Crippen LogP) is 4.07. The molecule has 0 fully saturated rings. The van der Waals surface area contributed by atoms with Gasteiger partial charge in [0, 0.05) is 5.69 Å². The molecule has 1 unspecified atom stereocenters. The first-order valence-corrected chi connectivity index (χ1v) is 9.68. The molecule has 152 valence electrons. The van der Waals surface area contributed by atoms with Crippen LogP contribution in [-0.2, 0) is 11.3 Å². The summed E-state index contributed by atoms with van der Waals surface area (Å²) in [5.41, 5.74) is 3.34. The van der Waals surface area contributed by atoms with Crippen molar-refractivity contribution in [3.63, 3.8) is 0 Å². The number of furan rings is 1. The monoisotopic (exact) mass is 402 g/mol. The van der Waals surface area contributed by atoms with Crippen LogP contribution < -0.4 is 10.6 Å². The van der Waals surface area contributed by atoms with E-state index in [2.05, 4.69) is 15.6 Å². The van der Waals surface area contributed by atoms with Crippen molar-refractivity contribution in [2.75, 3.05) is 5.32 Å². The maximum absolute atomic E-state index is 12.8. The van der Waals surface area contributed by atoms with E-state index in [0.717, 1.165) is 22.3 Å². The van der Waals surface area contributed by atoms with E-state index in [1.807, 2.05) is 66.9 Å². The summed E-state index contributed by atoms with van der Waals surface area (Å²) in [5, 5.41) is 5.84. The highest BCUT2D eigenvalue weighted by Gasteiger charge is 2.21. The minimum atomic E-state index is -0.429. The Hall–Kier alpha value is -3.87. The van der Waals surface area contributed by atoms with E-state index in [0.29, 0.717) is 5.82 Å². The third-order valence-electron chi connectivity index (χ3n) is 4.88. The highest BCUT2D eigenvalue weighted by atomic mass is 16.3. The first-order valence-electron chi connectivity index (χ1n) is 9.68. The zero-order valence-electron chi connectivity index (χ0n) is 16.8.